The smallest absolute Gasteiger partial charge is 0.305 e. The molecule has 0 aromatic heterocycles. The van der Waals surface area contributed by atoms with Crippen LogP contribution in [0.25, 0.3) is 0 Å². The van der Waals surface area contributed by atoms with Gasteiger partial charge in [-0.2, -0.15) is 0 Å². The maximum absolute atomic E-state index is 10.5. The first kappa shape index (κ1) is 8.53. The molecule has 0 spiro atoms. The Hall–Kier alpha value is -0.570. The van der Waals surface area contributed by atoms with Gasteiger partial charge in [-0.05, 0) is 32.7 Å². The van der Waals surface area contributed by atoms with E-state index in [-0.39, 0.29) is 12.0 Å². The van der Waals surface area contributed by atoms with Crippen LogP contribution in [0.1, 0.15) is 26.2 Å². The van der Waals surface area contributed by atoms with Crippen molar-refractivity contribution < 1.29 is 9.90 Å². The number of carbonyl (C=O) groups is 1. The fourth-order valence-corrected chi connectivity index (χ4v) is 1.47. The second-order valence-electron chi connectivity index (χ2n) is 3.51. The number of carboxylic acid groups (broad SMARTS) is 1. The monoisotopic (exact) mass is 157 g/mol. The van der Waals surface area contributed by atoms with Gasteiger partial charge in [-0.3, -0.25) is 4.79 Å². The average molecular weight is 157 g/mol. The van der Waals surface area contributed by atoms with Crippen molar-refractivity contribution in [1.82, 2.24) is 5.32 Å². The molecule has 1 aliphatic carbocycles. The molecule has 1 aliphatic rings. The molecule has 3 nitrogen and oxygen atoms in total. The van der Waals surface area contributed by atoms with Gasteiger partial charge >= 0.3 is 5.97 Å². The Balaban J connectivity index is 2.51. The molecule has 0 amide bonds. The van der Waals surface area contributed by atoms with Crippen LogP contribution < -0.4 is 5.32 Å². The van der Waals surface area contributed by atoms with Gasteiger partial charge < -0.3 is 10.4 Å². The van der Waals surface area contributed by atoms with Crippen LogP contribution in [-0.4, -0.2) is 23.7 Å². The lowest BCUT2D eigenvalue weighted by Gasteiger charge is -2.27. The van der Waals surface area contributed by atoms with E-state index in [1.54, 1.807) is 0 Å². The molecule has 64 valence electrons. The Morgan fingerprint density at radius 3 is 2.55 bits per heavy atom. The van der Waals surface area contributed by atoms with E-state index in [0.29, 0.717) is 5.92 Å². The largest absolute Gasteiger partial charge is 0.481 e. The molecule has 1 atom stereocenters. The summed E-state index contributed by atoms with van der Waals surface area (Å²) in [4.78, 5) is 10.5. The number of hydrogen-bond donors (Lipinski definition) is 2. The third-order valence-corrected chi connectivity index (χ3v) is 2.57. The Kier molecular flexibility index (Phi) is 2.18. The van der Waals surface area contributed by atoms with E-state index in [2.05, 4.69) is 5.32 Å². The Labute approximate surface area is 66.8 Å². The summed E-state index contributed by atoms with van der Waals surface area (Å²) in [6.07, 6.45) is 2.57. The number of rotatable bonds is 4. The van der Waals surface area contributed by atoms with Crippen molar-refractivity contribution in [1.29, 1.82) is 0 Å². The third kappa shape index (κ3) is 1.93. The predicted molar refractivity (Wildman–Crippen MR) is 42.4 cm³/mol. The summed E-state index contributed by atoms with van der Waals surface area (Å²) in [6.45, 7) is 1.98. The summed E-state index contributed by atoms with van der Waals surface area (Å²) in [5, 5.41) is 11.7. The van der Waals surface area contributed by atoms with E-state index >= 15 is 0 Å². The topological polar surface area (TPSA) is 49.3 Å². The maximum atomic E-state index is 10.5. The zero-order chi connectivity index (χ0) is 8.48. The molecule has 11 heavy (non-hydrogen) atoms. The lowest BCUT2D eigenvalue weighted by atomic mass is 9.92. The summed E-state index contributed by atoms with van der Waals surface area (Å²) in [7, 11) is 1.83. The van der Waals surface area contributed by atoms with Crippen molar-refractivity contribution in [2.24, 2.45) is 5.92 Å². The van der Waals surface area contributed by atoms with Crippen molar-refractivity contribution in [3.8, 4) is 0 Å². The van der Waals surface area contributed by atoms with Gasteiger partial charge in [0.1, 0.15) is 0 Å². The molecule has 0 aliphatic heterocycles. The van der Waals surface area contributed by atoms with Crippen molar-refractivity contribution in [3.63, 3.8) is 0 Å². The van der Waals surface area contributed by atoms with Crippen LogP contribution in [0, 0.1) is 5.92 Å². The van der Waals surface area contributed by atoms with Gasteiger partial charge in [0.25, 0.3) is 0 Å². The van der Waals surface area contributed by atoms with Crippen LogP contribution in [0.15, 0.2) is 0 Å². The van der Waals surface area contributed by atoms with Crippen LogP contribution in [0.2, 0.25) is 0 Å². The number of aliphatic carboxylic acids is 1. The average Bonchev–Trinajstić information content (AvgIpc) is 2.66. The van der Waals surface area contributed by atoms with Gasteiger partial charge in [0.15, 0.2) is 0 Å². The van der Waals surface area contributed by atoms with Crippen LogP contribution in [-0.2, 0) is 4.79 Å². The Bertz CT molecular complexity index is 165. The van der Waals surface area contributed by atoms with Crippen molar-refractivity contribution >= 4 is 5.97 Å². The number of nitrogens with one attached hydrogen (secondary N) is 1. The standard InChI is InChI=1S/C8H15NO2/c1-8(9-2,5-7(10)11)6-3-4-6/h6,9H,3-5H2,1-2H3,(H,10,11). The molecule has 1 rings (SSSR count). The lowest BCUT2D eigenvalue weighted by molar-refractivity contribution is -0.138. The molecule has 0 heterocycles. The zero-order valence-electron chi connectivity index (χ0n) is 7.05. The summed E-state index contributed by atoms with van der Waals surface area (Å²) >= 11 is 0. The minimum absolute atomic E-state index is 0.175. The first-order valence-corrected chi connectivity index (χ1v) is 3.99. The van der Waals surface area contributed by atoms with Crippen molar-refractivity contribution in [2.75, 3.05) is 7.05 Å². The summed E-state index contributed by atoms with van der Waals surface area (Å²) < 4.78 is 0. The third-order valence-electron chi connectivity index (χ3n) is 2.57. The predicted octanol–water partition coefficient (Wildman–Crippen LogP) is 0.849. The van der Waals surface area contributed by atoms with E-state index < -0.39 is 5.97 Å². The van der Waals surface area contributed by atoms with Crippen molar-refractivity contribution in [2.45, 2.75) is 31.7 Å². The van der Waals surface area contributed by atoms with Crippen LogP contribution >= 0.6 is 0 Å². The van der Waals surface area contributed by atoms with Gasteiger partial charge in [0.05, 0.1) is 6.42 Å². The second kappa shape index (κ2) is 2.81. The highest BCUT2D eigenvalue weighted by Gasteiger charge is 2.41. The van der Waals surface area contributed by atoms with E-state index in [1.807, 2.05) is 14.0 Å². The fraction of sp³-hybridized carbons (Fsp3) is 0.875. The van der Waals surface area contributed by atoms with E-state index in [9.17, 15) is 4.79 Å². The molecule has 1 unspecified atom stereocenters. The molecule has 1 fully saturated rings. The highest BCUT2D eigenvalue weighted by molar-refractivity contribution is 5.68. The quantitative estimate of drug-likeness (QED) is 0.636. The minimum Gasteiger partial charge on any atom is -0.481 e. The van der Waals surface area contributed by atoms with Crippen LogP contribution in [0.5, 0.6) is 0 Å². The highest BCUT2D eigenvalue weighted by atomic mass is 16.4. The van der Waals surface area contributed by atoms with E-state index in [1.165, 1.54) is 12.8 Å². The van der Waals surface area contributed by atoms with Gasteiger partial charge in [0, 0.05) is 5.54 Å². The lowest BCUT2D eigenvalue weighted by Crippen LogP contribution is -2.43. The SMILES string of the molecule is CNC(C)(CC(=O)O)C1CC1. The van der Waals surface area contributed by atoms with Gasteiger partial charge in [-0.1, -0.05) is 0 Å². The first-order chi connectivity index (χ1) is 5.08. The second-order valence-corrected chi connectivity index (χ2v) is 3.51. The summed E-state index contributed by atoms with van der Waals surface area (Å²) in [6, 6.07) is 0. The van der Waals surface area contributed by atoms with E-state index in [4.69, 9.17) is 5.11 Å². The number of hydrogen-bond acceptors (Lipinski definition) is 2. The molecule has 0 bridgehead atoms. The molecule has 1 saturated carbocycles. The van der Waals surface area contributed by atoms with Crippen LogP contribution in [0.4, 0.5) is 0 Å². The molecular formula is C8H15NO2. The summed E-state index contributed by atoms with van der Waals surface area (Å²) in [5.41, 5.74) is -0.175. The maximum Gasteiger partial charge on any atom is 0.305 e. The Morgan fingerprint density at radius 1 is 1.73 bits per heavy atom. The molecule has 0 saturated heterocycles. The molecule has 0 aromatic carbocycles. The van der Waals surface area contributed by atoms with Gasteiger partial charge in [-0.25, -0.2) is 0 Å². The molecule has 3 heteroatoms. The van der Waals surface area contributed by atoms with Crippen LogP contribution in [0.3, 0.4) is 0 Å². The fourth-order valence-electron chi connectivity index (χ4n) is 1.47. The van der Waals surface area contributed by atoms with E-state index in [0.717, 1.165) is 0 Å². The number of carboxylic acids is 1. The molecule has 0 radical (unpaired) electrons. The van der Waals surface area contributed by atoms with Gasteiger partial charge in [-0.15, -0.1) is 0 Å². The summed E-state index contributed by atoms with van der Waals surface area (Å²) in [5.74, 6) is -0.141. The van der Waals surface area contributed by atoms with Crippen molar-refractivity contribution in [3.05, 3.63) is 0 Å². The zero-order valence-corrected chi connectivity index (χ0v) is 7.05. The first-order valence-electron chi connectivity index (χ1n) is 3.99. The highest BCUT2D eigenvalue weighted by Crippen LogP contribution is 2.40. The molecule has 0 aromatic rings. The minimum atomic E-state index is -0.714. The molecular weight excluding hydrogens is 142 g/mol. The van der Waals surface area contributed by atoms with Gasteiger partial charge in [0.2, 0.25) is 0 Å². The molecule has 2 N–H and O–H groups in total. The normalized spacial score (nSPS) is 22.7. The Morgan fingerprint density at radius 2 is 2.27 bits per heavy atom.